The van der Waals surface area contributed by atoms with Crippen molar-refractivity contribution in [3.05, 3.63) is 82.1 Å². The van der Waals surface area contributed by atoms with Gasteiger partial charge in [-0.3, -0.25) is 4.79 Å². The molecule has 4 rings (SSSR count). The summed E-state index contributed by atoms with van der Waals surface area (Å²) in [6.45, 7) is 2.69. The number of likely N-dealkylation sites (N-methyl/N-ethyl adjacent to an activating group) is 1. The monoisotopic (exact) mass is 425 g/mol. The normalized spacial score (nSPS) is 17.1. The van der Waals surface area contributed by atoms with E-state index in [2.05, 4.69) is 29.1 Å². The number of aromatic nitrogens is 1. The third-order valence-corrected chi connectivity index (χ3v) is 6.07. The van der Waals surface area contributed by atoms with Crippen LogP contribution in [0.15, 0.2) is 60.0 Å². The number of thiazole rings is 1. The Morgan fingerprint density at radius 1 is 1.17 bits per heavy atom. The van der Waals surface area contributed by atoms with Crippen molar-refractivity contribution in [2.24, 2.45) is 0 Å². The molecule has 0 N–H and O–H groups in total. The van der Waals surface area contributed by atoms with E-state index in [1.54, 1.807) is 12.1 Å². The van der Waals surface area contributed by atoms with Gasteiger partial charge in [-0.1, -0.05) is 30.3 Å². The van der Waals surface area contributed by atoms with E-state index < -0.39 is 0 Å². The largest absolute Gasteiger partial charge is 0.486 e. The number of carbonyl (C=O) groups excluding carboxylic acids is 1. The second-order valence-electron chi connectivity index (χ2n) is 7.43. The highest BCUT2D eigenvalue weighted by atomic mass is 32.1. The van der Waals surface area contributed by atoms with Crippen molar-refractivity contribution in [1.82, 2.24) is 14.8 Å². The SMILES string of the molecule is CN1CCN(C(=O)Cc2csc(COc3ccc(F)cc3)n2)C(c2ccccc2)C1. The Morgan fingerprint density at radius 3 is 2.70 bits per heavy atom. The smallest absolute Gasteiger partial charge is 0.229 e. The molecular formula is C23H24FN3O2S. The van der Waals surface area contributed by atoms with Gasteiger partial charge in [0.1, 0.15) is 23.2 Å². The number of halogens is 1. The molecule has 0 bridgehead atoms. The van der Waals surface area contributed by atoms with Gasteiger partial charge < -0.3 is 14.5 Å². The highest BCUT2D eigenvalue weighted by Gasteiger charge is 2.30. The van der Waals surface area contributed by atoms with Crippen LogP contribution in [0.25, 0.3) is 0 Å². The molecule has 0 radical (unpaired) electrons. The van der Waals surface area contributed by atoms with E-state index in [9.17, 15) is 9.18 Å². The first-order valence-electron chi connectivity index (χ1n) is 9.93. The van der Waals surface area contributed by atoms with E-state index in [4.69, 9.17) is 4.74 Å². The molecule has 2 heterocycles. The first kappa shape index (κ1) is 20.5. The lowest BCUT2D eigenvalue weighted by molar-refractivity contribution is -0.135. The van der Waals surface area contributed by atoms with Gasteiger partial charge in [0.05, 0.1) is 18.2 Å². The molecule has 30 heavy (non-hydrogen) atoms. The molecule has 2 aromatic carbocycles. The second kappa shape index (κ2) is 9.36. The number of hydrogen-bond donors (Lipinski definition) is 0. The number of ether oxygens (including phenoxy) is 1. The van der Waals surface area contributed by atoms with Crippen LogP contribution in [0.1, 0.15) is 22.3 Å². The van der Waals surface area contributed by atoms with E-state index in [1.165, 1.54) is 23.5 Å². The average molecular weight is 426 g/mol. The minimum Gasteiger partial charge on any atom is -0.486 e. The summed E-state index contributed by atoms with van der Waals surface area (Å²) in [5, 5.41) is 2.70. The van der Waals surface area contributed by atoms with Gasteiger partial charge in [-0.2, -0.15) is 0 Å². The second-order valence-corrected chi connectivity index (χ2v) is 8.37. The molecule has 1 saturated heterocycles. The summed E-state index contributed by atoms with van der Waals surface area (Å²) in [5.41, 5.74) is 1.91. The molecular weight excluding hydrogens is 401 g/mol. The number of benzene rings is 2. The molecule has 1 unspecified atom stereocenters. The summed E-state index contributed by atoms with van der Waals surface area (Å²) < 4.78 is 18.6. The Kier molecular flexibility index (Phi) is 6.40. The maximum Gasteiger partial charge on any atom is 0.229 e. The van der Waals surface area contributed by atoms with E-state index in [0.29, 0.717) is 18.9 Å². The quantitative estimate of drug-likeness (QED) is 0.601. The maximum absolute atomic E-state index is 13.1. The number of amides is 1. The number of rotatable bonds is 6. The van der Waals surface area contributed by atoms with Crippen LogP contribution in [-0.4, -0.2) is 47.4 Å². The first-order valence-corrected chi connectivity index (χ1v) is 10.8. The summed E-state index contributed by atoms with van der Waals surface area (Å²) >= 11 is 1.47. The molecule has 7 heteroatoms. The van der Waals surface area contributed by atoms with Crippen LogP contribution < -0.4 is 4.74 Å². The third kappa shape index (κ3) is 5.04. The lowest BCUT2D eigenvalue weighted by atomic mass is 10.0. The molecule has 1 amide bonds. The maximum atomic E-state index is 13.1. The molecule has 1 atom stereocenters. The fourth-order valence-electron chi connectivity index (χ4n) is 3.61. The fourth-order valence-corrected chi connectivity index (χ4v) is 4.31. The molecule has 1 aliphatic heterocycles. The van der Waals surface area contributed by atoms with Crippen LogP contribution in [0.5, 0.6) is 5.75 Å². The van der Waals surface area contributed by atoms with Gasteiger partial charge in [0.15, 0.2) is 0 Å². The van der Waals surface area contributed by atoms with Crippen LogP contribution in [-0.2, 0) is 17.8 Å². The molecule has 0 aliphatic carbocycles. The zero-order valence-electron chi connectivity index (χ0n) is 16.8. The average Bonchev–Trinajstić information content (AvgIpc) is 3.21. The Balaban J connectivity index is 1.38. The lowest BCUT2D eigenvalue weighted by Gasteiger charge is -2.40. The summed E-state index contributed by atoms with van der Waals surface area (Å²) in [4.78, 5) is 21.9. The van der Waals surface area contributed by atoms with E-state index in [1.807, 2.05) is 28.5 Å². The van der Waals surface area contributed by atoms with Crippen molar-refractivity contribution in [3.8, 4) is 5.75 Å². The van der Waals surface area contributed by atoms with Crippen LogP contribution in [0.2, 0.25) is 0 Å². The fraction of sp³-hybridized carbons (Fsp3) is 0.304. The number of hydrogen-bond acceptors (Lipinski definition) is 5. The molecule has 3 aromatic rings. The summed E-state index contributed by atoms with van der Waals surface area (Å²) in [6.07, 6.45) is 0.278. The standard InChI is InChI=1S/C23H24FN3O2S/c1-26-11-12-27(21(14-26)17-5-3-2-4-6-17)23(28)13-19-16-30-22(25-19)15-29-20-9-7-18(24)8-10-20/h2-10,16,21H,11-15H2,1H3. The molecule has 1 aromatic heterocycles. The van der Waals surface area contributed by atoms with Crippen LogP contribution in [0.3, 0.4) is 0 Å². The van der Waals surface area contributed by atoms with Gasteiger partial charge in [0.2, 0.25) is 5.91 Å². The van der Waals surface area contributed by atoms with Gasteiger partial charge in [-0.05, 0) is 36.9 Å². The molecule has 1 aliphatic rings. The van der Waals surface area contributed by atoms with Crippen molar-refractivity contribution >= 4 is 17.2 Å². The molecule has 156 valence electrons. The zero-order valence-corrected chi connectivity index (χ0v) is 17.6. The highest BCUT2D eigenvalue weighted by molar-refractivity contribution is 7.09. The topological polar surface area (TPSA) is 45.7 Å². The van der Waals surface area contributed by atoms with Crippen molar-refractivity contribution < 1.29 is 13.9 Å². The Labute approximate surface area is 179 Å². The van der Waals surface area contributed by atoms with E-state index >= 15 is 0 Å². The molecule has 1 fully saturated rings. The predicted molar refractivity (Wildman–Crippen MR) is 115 cm³/mol. The third-order valence-electron chi connectivity index (χ3n) is 5.20. The van der Waals surface area contributed by atoms with Crippen molar-refractivity contribution in [3.63, 3.8) is 0 Å². The molecule has 0 spiro atoms. The predicted octanol–water partition coefficient (Wildman–Crippen LogP) is 3.92. The van der Waals surface area contributed by atoms with Crippen LogP contribution >= 0.6 is 11.3 Å². The van der Waals surface area contributed by atoms with Crippen molar-refractivity contribution in [1.29, 1.82) is 0 Å². The van der Waals surface area contributed by atoms with Crippen LogP contribution in [0.4, 0.5) is 4.39 Å². The Morgan fingerprint density at radius 2 is 1.93 bits per heavy atom. The first-order chi connectivity index (χ1) is 14.6. The van der Waals surface area contributed by atoms with E-state index in [-0.39, 0.29) is 24.2 Å². The molecule has 5 nitrogen and oxygen atoms in total. The lowest BCUT2D eigenvalue weighted by Crippen LogP contribution is -2.49. The highest BCUT2D eigenvalue weighted by Crippen LogP contribution is 2.26. The zero-order chi connectivity index (χ0) is 20.9. The van der Waals surface area contributed by atoms with Gasteiger partial charge in [-0.25, -0.2) is 9.37 Å². The van der Waals surface area contributed by atoms with Gasteiger partial charge in [0.25, 0.3) is 0 Å². The summed E-state index contributed by atoms with van der Waals surface area (Å²) in [6, 6.07) is 16.1. The van der Waals surface area contributed by atoms with Crippen molar-refractivity contribution in [2.45, 2.75) is 19.1 Å². The number of carbonyl (C=O) groups is 1. The van der Waals surface area contributed by atoms with Gasteiger partial charge in [0, 0.05) is 25.0 Å². The Bertz CT molecular complexity index is 978. The Hall–Kier alpha value is -2.77. The van der Waals surface area contributed by atoms with Gasteiger partial charge in [-0.15, -0.1) is 11.3 Å². The number of nitrogens with zero attached hydrogens (tertiary/aromatic N) is 3. The van der Waals surface area contributed by atoms with Crippen molar-refractivity contribution in [2.75, 3.05) is 26.7 Å². The minimum absolute atomic E-state index is 0.0531. The number of piperazine rings is 1. The van der Waals surface area contributed by atoms with E-state index in [0.717, 1.165) is 29.4 Å². The summed E-state index contributed by atoms with van der Waals surface area (Å²) in [5.74, 6) is 0.385. The summed E-state index contributed by atoms with van der Waals surface area (Å²) in [7, 11) is 2.09. The minimum atomic E-state index is -0.296. The molecule has 0 saturated carbocycles. The van der Waals surface area contributed by atoms with Crippen LogP contribution in [0, 0.1) is 5.82 Å². The van der Waals surface area contributed by atoms with Gasteiger partial charge >= 0.3 is 0 Å².